The Morgan fingerprint density at radius 1 is 1.27 bits per heavy atom. The number of piperazine rings is 1. The van der Waals surface area contributed by atoms with Crippen LogP contribution in [0.1, 0.15) is 6.92 Å². The molecule has 1 aliphatic heterocycles. The zero-order chi connectivity index (χ0) is 16.2. The number of hydrogen-bond acceptors (Lipinski definition) is 4. The average molecular weight is 329 g/mol. The monoisotopic (exact) mass is 329 g/mol. The first-order chi connectivity index (χ1) is 10.4. The van der Waals surface area contributed by atoms with Crippen molar-refractivity contribution in [3.8, 4) is 0 Å². The molecule has 0 radical (unpaired) electrons. The molecule has 0 saturated carbocycles. The van der Waals surface area contributed by atoms with Crippen LogP contribution in [-0.4, -0.2) is 64.5 Å². The lowest BCUT2D eigenvalue weighted by molar-refractivity contribution is 0.139. The third-order valence-electron chi connectivity index (χ3n) is 3.89. The lowest BCUT2D eigenvalue weighted by Crippen LogP contribution is -2.46. The summed E-state index contributed by atoms with van der Waals surface area (Å²) in [6.45, 7) is 7.34. The van der Waals surface area contributed by atoms with Crippen LogP contribution in [0.3, 0.4) is 0 Å². The highest BCUT2D eigenvalue weighted by Gasteiger charge is 2.19. The van der Waals surface area contributed by atoms with Gasteiger partial charge in [-0.2, -0.15) is 0 Å². The fraction of sp³-hybridized carbons (Fsp3) is 0.600. The number of sulfonamides is 1. The molecule has 1 N–H and O–H groups in total. The summed E-state index contributed by atoms with van der Waals surface area (Å²) < 4.78 is 40.0. The SMILES string of the molecule is C[C@H](CNS(=O)(=O)c1cccc(F)c1)CN1CCN(C)CC1. The van der Waals surface area contributed by atoms with E-state index in [0.717, 1.165) is 38.8 Å². The molecule has 0 amide bonds. The fourth-order valence-electron chi connectivity index (χ4n) is 2.51. The average Bonchev–Trinajstić information content (AvgIpc) is 2.48. The first kappa shape index (κ1) is 17.3. The van der Waals surface area contributed by atoms with Gasteiger partial charge in [0.25, 0.3) is 0 Å². The second kappa shape index (κ2) is 7.50. The number of likely N-dealkylation sites (N-methyl/N-ethyl adjacent to an activating group) is 1. The molecule has 1 aliphatic rings. The Morgan fingerprint density at radius 2 is 1.95 bits per heavy atom. The highest BCUT2D eigenvalue weighted by atomic mass is 32.2. The topological polar surface area (TPSA) is 52.7 Å². The van der Waals surface area contributed by atoms with Gasteiger partial charge in [-0.3, -0.25) is 0 Å². The number of nitrogens with zero attached hydrogens (tertiary/aromatic N) is 2. The van der Waals surface area contributed by atoms with Crippen molar-refractivity contribution in [3.05, 3.63) is 30.1 Å². The zero-order valence-corrected chi connectivity index (χ0v) is 13.9. The minimum absolute atomic E-state index is 0.0284. The second-order valence-electron chi connectivity index (χ2n) is 6.02. The zero-order valence-electron chi connectivity index (χ0n) is 13.1. The maximum Gasteiger partial charge on any atom is 0.240 e. The van der Waals surface area contributed by atoms with Crippen LogP contribution in [0.4, 0.5) is 4.39 Å². The van der Waals surface area contributed by atoms with Crippen molar-refractivity contribution in [3.63, 3.8) is 0 Å². The summed E-state index contributed by atoms with van der Waals surface area (Å²) in [5, 5.41) is 0. The number of halogens is 1. The molecule has 0 bridgehead atoms. The summed E-state index contributed by atoms with van der Waals surface area (Å²) in [5.41, 5.74) is 0. The highest BCUT2D eigenvalue weighted by molar-refractivity contribution is 7.89. The van der Waals surface area contributed by atoms with Crippen LogP contribution in [0.15, 0.2) is 29.2 Å². The van der Waals surface area contributed by atoms with Gasteiger partial charge >= 0.3 is 0 Å². The van der Waals surface area contributed by atoms with E-state index in [0.29, 0.717) is 6.54 Å². The van der Waals surface area contributed by atoms with Crippen molar-refractivity contribution >= 4 is 10.0 Å². The normalized spacial score (nSPS) is 19.2. The molecule has 2 rings (SSSR count). The van der Waals surface area contributed by atoms with Crippen LogP contribution in [0.25, 0.3) is 0 Å². The molecule has 1 atom stereocenters. The largest absolute Gasteiger partial charge is 0.304 e. The van der Waals surface area contributed by atoms with E-state index < -0.39 is 15.8 Å². The highest BCUT2D eigenvalue weighted by Crippen LogP contribution is 2.11. The van der Waals surface area contributed by atoms with Crippen molar-refractivity contribution < 1.29 is 12.8 Å². The summed E-state index contributed by atoms with van der Waals surface area (Å²) in [7, 11) is -1.54. The summed E-state index contributed by atoms with van der Waals surface area (Å²) in [6.07, 6.45) is 0. The Bertz CT molecular complexity index is 586. The Hall–Kier alpha value is -1.02. The first-order valence-electron chi connectivity index (χ1n) is 7.53. The van der Waals surface area contributed by atoms with Crippen molar-refractivity contribution in [2.45, 2.75) is 11.8 Å². The predicted molar refractivity (Wildman–Crippen MR) is 84.7 cm³/mol. The Morgan fingerprint density at radius 3 is 2.59 bits per heavy atom. The molecule has 1 aromatic rings. The Kier molecular flexibility index (Phi) is 5.91. The van der Waals surface area contributed by atoms with Crippen LogP contribution >= 0.6 is 0 Å². The molecule has 22 heavy (non-hydrogen) atoms. The number of benzene rings is 1. The quantitative estimate of drug-likeness (QED) is 0.846. The van der Waals surface area contributed by atoms with E-state index in [-0.39, 0.29) is 10.8 Å². The molecule has 5 nitrogen and oxygen atoms in total. The molecule has 124 valence electrons. The third-order valence-corrected chi connectivity index (χ3v) is 5.32. The minimum atomic E-state index is -3.64. The van der Waals surface area contributed by atoms with E-state index >= 15 is 0 Å². The van der Waals surface area contributed by atoms with E-state index in [9.17, 15) is 12.8 Å². The molecule has 0 unspecified atom stereocenters. The molecule has 1 aromatic carbocycles. The molecule has 1 heterocycles. The van der Waals surface area contributed by atoms with Gasteiger partial charge in [-0.15, -0.1) is 0 Å². The lowest BCUT2D eigenvalue weighted by atomic mass is 10.1. The van der Waals surface area contributed by atoms with E-state index in [4.69, 9.17) is 0 Å². The van der Waals surface area contributed by atoms with E-state index in [2.05, 4.69) is 21.6 Å². The van der Waals surface area contributed by atoms with Crippen molar-refractivity contribution in [2.24, 2.45) is 5.92 Å². The van der Waals surface area contributed by atoms with Crippen molar-refractivity contribution in [1.82, 2.24) is 14.5 Å². The van der Waals surface area contributed by atoms with Crippen molar-refractivity contribution in [2.75, 3.05) is 46.3 Å². The van der Waals surface area contributed by atoms with Crippen LogP contribution in [-0.2, 0) is 10.0 Å². The molecule has 1 fully saturated rings. The van der Waals surface area contributed by atoms with Gasteiger partial charge in [0, 0.05) is 39.3 Å². The molecule has 0 aromatic heterocycles. The molecule has 0 spiro atoms. The van der Waals surface area contributed by atoms with Gasteiger partial charge in [0.1, 0.15) is 5.82 Å². The van der Waals surface area contributed by atoms with Gasteiger partial charge in [0.2, 0.25) is 10.0 Å². The summed E-state index contributed by atoms with van der Waals surface area (Å²) >= 11 is 0. The van der Waals surface area contributed by atoms with Crippen LogP contribution in [0, 0.1) is 11.7 Å². The number of hydrogen-bond donors (Lipinski definition) is 1. The fourth-order valence-corrected chi connectivity index (χ4v) is 3.70. The Labute approximate surface area is 132 Å². The van der Waals surface area contributed by atoms with Crippen LogP contribution in [0.2, 0.25) is 0 Å². The van der Waals surface area contributed by atoms with Crippen molar-refractivity contribution in [1.29, 1.82) is 0 Å². The molecular formula is C15H24FN3O2S. The standard InChI is InChI=1S/C15H24FN3O2S/c1-13(12-19-8-6-18(2)7-9-19)11-17-22(20,21)15-5-3-4-14(16)10-15/h3-5,10,13,17H,6-9,11-12H2,1-2H3/t13-/m1/s1. The number of rotatable bonds is 6. The lowest BCUT2D eigenvalue weighted by Gasteiger charge is -2.33. The third kappa shape index (κ3) is 5.01. The second-order valence-corrected chi connectivity index (χ2v) is 7.79. The molecule has 0 aliphatic carbocycles. The summed E-state index contributed by atoms with van der Waals surface area (Å²) in [6, 6.07) is 5.07. The van der Waals surface area contributed by atoms with Gasteiger partial charge in [-0.1, -0.05) is 13.0 Å². The Balaban J connectivity index is 1.83. The number of nitrogens with one attached hydrogen (secondary N) is 1. The summed E-state index contributed by atoms with van der Waals surface area (Å²) in [5.74, 6) is -0.347. The van der Waals surface area contributed by atoms with Gasteiger partial charge in [-0.25, -0.2) is 17.5 Å². The predicted octanol–water partition coefficient (Wildman–Crippen LogP) is 0.988. The van der Waals surface area contributed by atoms with Gasteiger partial charge in [0.05, 0.1) is 4.90 Å². The molecule has 1 saturated heterocycles. The van der Waals surface area contributed by atoms with Gasteiger partial charge < -0.3 is 9.80 Å². The molecule has 7 heteroatoms. The van der Waals surface area contributed by atoms with Crippen LogP contribution in [0.5, 0.6) is 0 Å². The summed E-state index contributed by atoms with van der Waals surface area (Å²) in [4.78, 5) is 4.61. The van der Waals surface area contributed by atoms with E-state index in [1.54, 1.807) is 0 Å². The van der Waals surface area contributed by atoms with Crippen LogP contribution < -0.4 is 4.72 Å². The minimum Gasteiger partial charge on any atom is -0.304 e. The maximum absolute atomic E-state index is 13.1. The maximum atomic E-state index is 13.1. The first-order valence-corrected chi connectivity index (χ1v) is 9.01. The van der Waals surface area contributed by atoms with Gasteiger partial charge in [-0.05, 0) is 31.2 Å². The van der Waals surface area contributed by atoms with Gasteiger partial charge in [0.15, 0.2) is 0 Å². The van der Waals surface area contributed by atoms with E-state index in [1.807, 2.05) is 6.92 Å². The van der Waals surface area contributed by atoms with E-state index in [1.165, 1.54) is 18.2 Å². The smallest absolute Gasteiger partial charge is 0.240 e. The molecular weight excluding hydrogens is 305 g/mol.